The number of nitrogens with zero attached hydrogens (tertiary/aromatic N) is 5. The maximum atomic E-state index is 12.7. The second-order valence-corrected chi connectivity index (χ2v) is 5.81. The standard InChI is InChI=1S/C16H15N5O/c1-4-21-12-5-10(2)13(11(3)14(21)22)16(8-19,9-20)15(12,6-17)7-18/h5,11-13H,4H2,1-3H3. The predicted octanol–water partition coefficient (Wildman–Crippen LogP) is 1.50. The fourth-order valence-corrected chi connectivity index (χ4v) is 3.96. The quantitative estimate of drug-likeness (QED) is 0.679. The average molecular weight is 293 g/mol. The van der Waals surface area contributed by atoms with Gasteiger partial charge in [0.05, 0.1) is 30.3 Å². The van der Waals surface area contributed by atoms with Crippen molar-refractivity contribution in [2.75, 3.05) is 6.54 Å². The Balaban J connectivity index is 2.97. The number of likely N-dealkylation sites (N-methyl/N-ethyl adjacent to an activating group) is 1. The third-order valence-electron chi connectivity index (χ3n) is 5.00. The monoisotopic (exact) mass is 293 g/mol. The highest BCUT2D eigenvalue weighted by Gasteiger charge is 2.70. The van der Waals surface area contributed by atoms with Gasteiger partial charge in [0.25, 0.3) is 0 Å². The molecule has 3 aliphatic rings. The van der Waals surface area contributed by atoms with Gasteiger partial charge in [0.15, 0.2) is 10.8 Å². The zero-order valence-electron chi connectivity index (χ0n) is 12.7. The Kier molecular flexibility index (Phi) is 3.44. The summed E-state index contributed by atoms with van der Waals surface area (Å²) in [7, 11) is 0. The van der Waals surface area contributed by atoms with Gasteiger partial charge in [-0.3, -0.25) is 4.79 Å². The Bertz CT molecular complexity index is 696. The molecule has 0 spiro atoms. The number of allylic oxidation sites excluding steroid dienone is 1. The zero-order valence-corrected chi connectivity index (χ0v) is 12.7. The van der Waals surface area contributed by atoms with Crippen molar-refractivity contribution in [3.8, 4) is 24.3 Å². The fraction of sp³-hybridized carbons (Fsp3) is 0.562. The molecule has 1 amide bonds. The van der Waals surface area contributed by atoms with Crippen molar-refractivity contribution in [1.29, 1.82) is 21.0 Å². The molecule has 1 fully saturated rings. The molecule has 0 radical (unpaired) electrons. The summed E-state index contributed by atoms with van der Waals surface area (Å²) in [6.45, 7) is 5.47. The highest BCUT2D eigenvalue weighted by molar-refractivity contribution is 5.82. The molecule has 0 aromatic carbocycles. The molecule has 3 atom stereocenters. The molecule has 0 aromatic heterocycles. The Labute approximate surface area is 129 Å². The summed E-state index contributed by atoms with van der Waals surface area (Å²) in [5, 5.41) is 38.9. The van der Waals surface area contributed by atoms with Gasteiger partial charge in [-0.2, -0.15) is 21.0 Å². The van der Waals surface area contributed by atoms with Crippen LogP contribution in [0.25, 0.3) is 0 Å². The first-order valence-electron chi connectivity index (χ1n) is 7.04. The Morgan fingerprint density at radius 3 is 2.05 bits per heavy atom. The van der Waals surface area contributed by atoms with Gasteiger partial charge in [0, 0.05) is 18.4 Å². The second kappa shape index (κ2) is 4.87. The normalized spacial score (nSPS) is 31.0. The third kappa shape index (κ3) is 1.42. The van der Waals surface area contributed by atoms with Gasteiger partial charge in [-0.05, 0) is 13.8 Å². The Morgan fingerprint density at radius 1 is 1.14 bits per heavy atom. The van der Waals surface area contributed by atoms with Crippen molar-refractivity contribution >= 4 is 5.91 Å². The van der Waals surface area contributed by atoms with Crippen LogP contribution >= 0.6 is 0 Å². The van der Waals surface area contributed by atoms with Crippen LogP contribution < -0.4 is 0 Å². The maximum absolute atomic E-state index is 12.7. The van der Waals surface area contributed by atoms with E-state index in [2.05, 4.69) is 0 Å². The minimum Gasteiger partial charge on any atom is -0.333 e. The Hall–Kier alpha value is -2.83. The molecule has 1 saturated heterocycles. The van der Waals surface area contributed by atoms with Crippen LogP contribution in [0, 0.1) is 68.0 Å². The lowest BCUT2D eigenvalue weighted by atomic mass is 9.51. The number of hydrogen-bond acceptors (Lipinski definition) is 5. The highest BCUT2D eigenvalue weighted by atomic mass is 16.2. The molecular weight excluding hydrogens is 278 g/mol. The first-order valence-corrected chi connectivity index (χ1v) is 7.04. The molecule has 3 rings (SSSR count). The van der Waals surface area contributed by atoms with Crippen LogP contribution in [-0.2, 0) is 4.79 Å². The summed E-state index contributed by atoms with van der Waals surface area (Å²) in [4.78, 5) is 14.1. The summed E-state index contributed by atoms with van der Waals surface area (Å²) in [6.07, 6.45) is 1.70. The van der Waals surface area contributed by atoms with Crippen molar-refractivity contribution in [3.63, 3.8) is 0 Å². The molecule has 6 heteroatoms. The summed E-state index contributed by atoms with van der Waals surface area (Å²) >= 11 is 0. The summed E-state index contributed by atoms with van der Waals surface area (Å²) in [5.41, 5.74) is -3.04. The molecule has 0 aromatic rings. The molecule has 2 aliphatic heterocycles. The SMILES string of the molecule is CCN1C(=O)C(C)C2C(C)=CC1C(C#N)(C#N)C2(C#N)C#N. The van der Waals surface area contributed by atoms with E-state index in [0.717, 1.165) is 0 Å². The minimum atomic E-state index is -1.89. The van der Waals surface area contributed by atoms with E-state index < -0.39 is 28.7 Å². The van der Waals surface area contributed by atoms with Crippen molar-refractivity contribution in [1.82, 2.24) is 4.90 Å². The molecule has 1 aliphatic carbocycles. The molecule has 0 N–H and O–H groups in total. The van der Waals surface area contributed by atoms with E-state index in [1.165, 1.54) is 4.90 Å². The first-order chi connectivity index (χ1) is 10.4. The van der Waals surface area contributed by atoms with E-state index in [9.17, 15) is 25.8 Å². The highest BCUT2D eigenvalue weighted by Crippen LogP contribution is 2.58. The van der Waals surface area contributed by atoms with E-state index in [1.807, 2.05) is 24.3 Å². The maximum Gasteiger partial charge on any atom is 0.226 e. The largest absolute Gasteiger partial charge is 0.333 e. The summed E-state index contributed by atoms with van der Waals surface area (Å²) in [6, 6.07) is 6.80. The van der Waals surface area contributed by atoms with Gasteiger partial charge in [-0.25, -0.2) is 0 Å². The molecule has 2 heterocycles. The van der Waals surface area contributed by atoms with E-state index in [0.29, 0.717) is 12.1 Å². The van der Waals surface area contributed by atoms with Gasteiger partial charge in [0.2, 0.25) is 5.91 Å². The van der Waals surface area contributed by atoms with Crippen LogP contribution in [-0.4, -0.2) is 23.4 Å². The van der Waals surface area contributed by atoms with Crippen LogP contribution in [0.15, 0.2) is 11.6 Å². The third-order valence-corrected chi connectivity index (χ3v) is 5.00. The van der Waals surface area contributed by atoms with Gasteiger partial charge in [-0.15, -0.1) is 0 Å². The van der Waals surface area contributed by atoms with Crippen molar-refractivity contribution < 1.29 is 4.79 Å². The topological polar surface area (TPSA) is 115 Å². The molecule has 3 unspecified atom stereocenters. The lowest BCUT2D eigenvalue weighted by molar-refractivity contribution is -0.136. The second-order valence-electron chi connectivity index (χ2n) is 5.81. The zero-order chi connectivity index (χ0) is 16.7. The number of amides is 1. The molecular formula is C16H15N5O. The van der Waals surface area contributed by atoms with Crippen LogP contribution in [0.2, 0.25) is 0 Å². The molecule has 0 saturated carbocycles. The summed E-state index contributed by atoms with van der Waals surface area (Å²) < 4.78 is 0. The molecule has 2 bridgehead atoms. The van der Waals surface area contributed by atoms with E-state index in [-0.39, 0.29) is 5.91 Å². The van der Waals surface area contributed by atoms with E-state index in [1.54, 1.807) is 26.8 Å². The lowest BCUT2D eigenvalue weighted by Crippen LogP contribution is -2.56. The number of nitriles is 4. The lowest BCUT2D eigenvalue weighted by Gasteiger charge is -2.44. The van der Waals surface area contributed by atoms with Crippen LogP contribution in [0.4, 0.5) is 0 Å². The van der Waals surface area contributed by atoms with Crippen molar-refractivity contribution in [2.45, 2.75) is 26.8 Å². The van der Waals surface area contributed by atoms with Gasteiger partial charge in [-0.1, -0.05) is 18.6 Å². The van der Waals surface area contributed by atoms with Crippen molar-refractivity contribution in [2.24, 2.45) is 22.7 Å². The molecule has 110 valence electrons. The first kappa shape index (κ1) is 15.6. The number of fused-ring (bicyclic) bond motifs is 3. The number of hydrogen-bond donors (Lipinski definition) is 0. The van der Waals surface area contributed by atoms with E-state index >= 15 is 0 Å². The minimum absolute atomic E-state index is 0.229. The fourth-order valence-electron chi connectivity index (χ4n) is 3.96. The molecule has 22 heavy (non-hydrogen) atoms. The number of rotatable bonds is 1. The Morgan fingerprint density at radius 2 is 1.64 bits per heavy atom. The smallest absolute Gasteiger partial charge is 0.226 e. The number of carbonyl (C=O) groups excluding carboxylic acids is 1. The predicted molar refractivity (Wildman–Crippen MR) is 74.9 cm³/mol. The average Bonchev–Trinajstić information content (AvgIpc) is 2.66. The van der Waals surface area contributed by atoms with Gasteiger partial charge in [0.1, 0.15) is 0 Å². The number of carbonyl (C=O) groups is 1. The van der Waals surface area contributed by atoms with Gasteiger partial charge < -0.3 is 4.90 Å². The van der Waals surface area contributed by atoms with Crippen LogP contribution in [0.5, 0.6) is 0 Å². The molecule has 6 nitrogen and oxygen atoms in total. The summed E-state index contributed by atoms with van der Waals surface area (Å²) in [5.74, 6) is -1.63. The van der Waals surface area contributed by atoms with Crippen molar-refractivity contribution in [3.05, 3.63) is 11.6 Å². The van der Waals surface area contributed by atoms with Crippen LogP contribution in [0.3, 0.4) is 0 Å². The van der Waals surface area contributed by atoms with E-state index in [4.69, 9.17) is 0 Å². The van der Waals surface area contributed by atoms with Gasteiger partial charge >= 0.3 is 0 Å². The van der Waals surface area contributed by atoms with Crippen LogP contribution in [0.1, 0.15) is 20.8 Å².